The maximum absolute atomic E-state index is 13.8. The van der Waals surface area contributed by atoms with E-state index in [1.54, 1.807) is 24.7 Å². The van der Waals surface area contributed by atoms with Crippen molar-refractivity contribution in [3.63, 3.8) is 0 Å². The lowest BCUT2D eigenvalue weighted by Crippen LogP contribution is -2.40. The number of benzene rings is 1. The first-order valence-corrected chi connectivity index (χ1v) is 8.49. The van der Waals surface area contributed by atoms with Gasteiger partial charge in [-0.25, -0.2) is 9.37 Å². The van der Waals surface area contributed by atoms with Gasteiger partial charge in [-0.3, -0.25) is 4.79 Å². The number of aromatic nitrogens is 2. The second kappa shape index (κ2) is 5.77. The molecule has 1 amide bonds. The standard InChI is InChI=1S/C17H16FN3OS/c18-14-4-1-5-15-13(14)9-16(23-15)17(22)20-7-2-3-12(10-20)21-8-6-19-11-21/h1,4-6,8-9,11-12H,2-3,7,10H2/t12-/m0/s1. The van der Waals surface area contributed by atoms with E-state index in [1.165, 1.54) is 17.4 Å². The second-order valence-corrected chi connectivity index (χ2v) is 6.90. The molecule has 3 aromatic rings. The van der Waals surface area contributed by atoms with Gasteiger partial charge in [0, 0.05) is 35.6 Å². The number of hydrogen-bond acceptors (Lipinski definition) is 3. The zero-order chi connectivity index (χ0) is 15.8. The Kier molecular flexibility index (Phi) is 3.61. The average molecular weight is 329 g/mol. The highest BCUT2D eigenvalue weighted by atomic mass is 32.1. The molecular formula is C17H16FN3OS. The van der Waals surface area contributed by atoms with Gasteiger partial charge >= 0.3 is 0 Å². The summed E-state index contributed by atoms with van der Waals surface area (Å²) < 4.78 is 16.7. The van der Waals surface area contributed by atoms with Crippen molar-refractivity contribution in [2.24, 2.45) is 0 Å². The van der Waals surface area contributed by atoms with E-state index in [9.17, 15) is 9.18 Å². The van der Waals surface area contributed by atoms with Gasteiger partial charge in [0.25, 0.3) is 5.91 Å². The minimum Gasteiger partial charge on any atom is -0.336 e. The molecule has 1 aliphatic rings. The van der Waals surface area contributed by atoms with Crippen molar-refractivity contribution in [3.05, 3.63) is 53.7 Å². The van der Waals surface area contributed by atoms with Gasteiger partial charge in [-0.15, -0.1) is 11.3 Å². The summed E-state index contributed by atoms with van der Waals surface area (Å²) in [5.74, 6) is -0.275. The number of imidazole rings is 1. The van der Waals surface area contributed by atoms with Crippen LogP contribution in [0.4, 0.5) is 4.39 Å². The van der Waals surface area contributed by atoms with Crippen LogP contribution in [0.2, 0.25) is 0 Å². The van der Waals surface area contributed by atoms with Crippen molar-refractivity contribution < 1.29 is 9.18 Å². The van der Waals surface area contributed by atoms with Gasteiger partial charge in [-0.05, 0) is 31.0 Å². The summed E-state index contributed by atoms with van der Waals surface area (Å²) in [4.78, 5) is 19.3. The Morgan fingerprint density at radius 1 is 1.39 bits per heavy atom. The number of carbonyl (C=O) groups excluding carboxylic acids is 1. The fourth-order valence-electron chi connectivity index (χ4n) is 3.15. The molecule has 118 valence electrons. The third-order valence-electron chi connectivity index (χ3n) is 4.35. The molecule has 0 spiro atoms. The number of fused-ring (bicyclic) bond motifs is 1. The molecule has 0 bridgehead atoms. The summed E-state index contributed by atoms with van der Waals surface area (Å²) in [6.07, 6.45) is 7.51. The predicted molar refractivity (Wildman–Crippen MR) is 88.2 cm³/mol. The van der Waals surface area contributed by atoms with E-state index >= 15 is 0 Å². The van der Waals surface area contributed by atoms with Crippen molar-refractivity contribution >= 4 is 27.3 Å². The zero-order valence-corrected chi connectivity index (χ0v) is 13.3. The van der Waals surface area contributed by atoms with Crippen molar-refractivity contribution in [1.29, 1.82) is 0 Å². The van der Waals surface area contributed by atoms with E-state index in [2.05, 4.69) is 9.55 Å². The molecule has 1 saturated heterocycles. The first-order chi connectivity index (χ1) is 11.2. The van der Waals surface area contributed by atoms with Crippen LogP contribution in [0.25, 0.3) is 10.1 Å². The largest absolute Gasteiger partial charge is 0.336 e. The molecule has 0 radical (unpaired) electrons. The first-order valence-electron chi connectivity index (χ1n) is 7.67. The number of carbonyl (C=O) groups is 1. The summed E-state index contributed by atoms with van der Waals surface area (Å²) in [7, 11) is 0. The molecule has 0 saturated carbocycles. The minimum atomic E-state index is -0.271. The number of piperidine rings is 1. The molecule has 1 fully saturated rings. The predicted octanol–water partition coefficient (Wildman–Crippen LogP) is 3.71. The highest BCUT2D eigenvalue weighted by Gasteiger charge is 2.26. The van der Waals surface area contributed by atoms with Crippen LogP contribution in [0.15, 0.2) is 43.0 Å². The maximum atomic E-state index is 13.8. The Labute approximate surface area is 137 Å². The van der Waals surface area contributed by atoms with Crippen LogP contribution in [0, 0.1) is 5.82 Å². The number of thiophene rings is 1. The lowest BCUT2D eigenvalue weighted by atomic mass is 10.1. The van der Waals surface area contributed by atoms with Gasteiger partial charge in [0.1, 0.15) is 5.82 Å². The topological polar surface area (TPSA) is 38.1 Å². The number of hydrogen-bond donors (Lipinski definition) is 0. The average Bonchev–Trinajstić information content (AvgIpc) is 3.24. The smallest absolute Gasteiger partial charge is 0.264 e. The highest BCUT2D eigenvalue weighted by molar-refractivity contribution is 7.20. The Morgan fingerprint density at radius 3 is 3.09 bits per heavy atom. The molecule has 4 nitrogen and oxygen atoms in total. The second-order valence-electron chi connectivity index (χ2n) is 5.82. The maximum Gasteiger partial charge on any atom is 0.264 e. The van der Waals surface area contributed by atoms with Gasteiger partial charge in [0.2, 0.25) is 0 Å². The van der Waals surface area contributed by atoms with E-state index in [0.717, 1.165) is 24.1 Å². The normalized spacial score (nSPS) is 18.5. The Bertz CT molecular complexity index is 843. The summed E-state index contributed by atoms with van der Waals surface area (Å²) in [6, 6.07) is 6.90. The first kappa shape index (κ1) is 14.4. The Morgan fingerprint density at radius 2 is 2.30 bits per heavy atom. The van der Waals surface area contributed by atoms with E-state index in [-0.39, 0.29) is 17.8 Å². The van der Waals surface area contributed by atoms with E-state index in [0.29, 0.717) is 16.8 Å². The Balaban J connectivity index is 1.58. The number of amides is 1. The molecule has 6 heteroatoms. The van der Waals surface area contributed by atoms with Crippen LogP contribution in [0.1, 0.15) is 28.6 Å². The molecule has 0 unspecified atom stereocenters. The van der Waals surface area contributed by atoms with Crippen molar-refractivity contribution in [3.8, 4) is 0 Å². The van der Waals surface area contributed by atoms with Crippen LogP contribution >= 0.6 is 11.3 Å². The van der Waals surface area contributed by atoms with Crippen LogP contribution in [-0.2, 0) is 0 Å². The number of halogens is 1. The monoisotopic (exact) mass is 329 g/mol. The fourth-order valence-corrected chi connectivity index (χ4v) is 4.20. The Hall–Kier alpha value is -2.21. The van der Waals surface area contributed by atoms with Crippen LogP contribution in [-0.4, -0.2) is 33.4 Å². The fraction of sp³-hybridized carbons (Fsp3) is 0.294. The van der Waals surface area contributed by atoms with Crippen LogP contribution in [0.3, 0.4) is 0 Å². The molecular weight excluding hydrogens is 313 g/mol. The van der Waals surface area contributed by atoms with Gasteiger partial charge in [0.05, 0.1) is 17.2 Å². The van der Waals surface area contributed by atoms with Crippen molar-refractivity contribution in [2.75, 3.05) is 13.1 Å². The third-order valence-corrected chi connectivity index (χ3v) is 5.44. The molecule has 0 N–H and O–H groups in total. The van der Waals surface area contributed by atoms with Crippen LogP contribution in [0.5, 0.6) is 0 Å². The van der Waals surface area contributed by atoms with E-state index < -0.39 is 0 Å². The number of likely N-dealkylation sites (tertiary alicyclic amines) is 1. The molecule has 1 atom stereocenters. The quantitative estimate of drug-likeness (QED) is 0.719. The molecule has 23 heavy (non-hydrogen) atoms. The molecule has 0 aliphatic carbocycles. The van der Waals surface area contributed by atoms with Crippen LogP contribution < -0.4 is 0 Å². The molecule has 2 aromatic heterocycles. The third kappa shape index (κ3) is 2.63. The number of rotatable bonds is 2. The highest BCUT2D eigenvalue weighted by Crippen LogP contribution is 2.30. The summed E-state index contributed by atoms with van der Waals surface area (Å²) in [5, 5.41) is 0.531. The van der Waals surface area contributed by atoms with Gasteiger partial charge in [-0.1, -0.05) is 6.07 Å². The molecule has 3 heterocycles. The minimum absolute atomic E-state index is 0.00425. The van der Waals surface area contributed by atoms with Crippen molar-refractivity contribution in [1.82, 2.24) is 14.5 Å². The lowest BCUT2D eigenvalue weighted by molar-refractivity contribution is 0.0684. The summed E-state index contributed by atoms with van der Waals surface area (Å²) >= 11 is 1.36. The van der Waals surface area contributed by atoms with Crippen molar-refractivity contribution in [2.45, 2.75) is 18.9 Å². The summed E-state index contributed by atoms with van der Waals surface area (Å²) in [6.45, 7) is 1.42. The number of nitrogens with zero attached hydrogens (tertiary/aromatic N) is 3. The summed E-state index contributed by atoms with van der Waals surface area (Å²) in [5.41, 5.74) is 0. The molecule has 1 aromatic carbocycles. The zero-order valence-electron chi connectivity index (χ0n) is 12.5. The van der Waals surface area contributed by atoms with E-state index in [1.807, 2.05) is 17.2 Å². The van der Waals surface area contributed by atoms with E-state index in [4.69, 9.17) is 0 Å². The lowest BCUT2D eigenvalue weighted by Gasteiger charge is -2.33. The van der Waals surface area contributed by atoms with Gasteiger partial charge in [-0.2, -0.15) is 0 Å². The SMILES string of the molecule is O=C(c1cc2c(F)cccc2s1)N1CCC[C@H](n2ccnc2)C1. The van der Waals surface area contributed by atoms with Gasteiger partial charge in [0.15, 0.2) is 0 Å². The van der Waals surface area contributed by atoms with Gasteiger partial charge < -0.3 is 9.47 Å². The molecule has 1 aliphatic heterocycles. The molecule has 4 rings (SSSR count).